The van der Waals surface area contributed by atoms with Crippen LogP contribution in [0.3, 0.4) is 0 Å². The first-order valence-electron chi connectivity index (χ1n) is 33.2. The summed E-state index contributed by atoms with van der Waals surface area (Å²) in [4.78, 5) is 37.4. The number of quaternary nitrogens is 1. The molecule has 0 aromatic carbocycles. The van der Waals surface area contributed by atoms with Crippen molar-refractivity contribution < 1.29 is 42.9 Å². The van der Waals surface area contributed by atoms with Gasteiger partial charge in [-0.3, -0.25) is 9.59 Å². The topological polar surface area (TPSA) is 108 Å². The minimum atomic E-state index is -1.51. The van der Waals surface area contributed by atoms with Crippen LogP contribution in [0.1, 0.15) is 322 Å². The predicted octanol–water partition coefficient (Wildman–Crippen LogP) is 20.0. The zero-order chi connectivity index (χ0) is 56.2. The second-order valence-electron chi connectivity index (χ2n) is 23.8. The first kappa shape index (κ1) is 74.5. The van der Waals surface area contributed by atoms with E-state index in [2.05, 4.69) is 50.3 Å². The van der Waals surface area contributed by atoms with E-state index < -0.39 is 24.3 Å². The molecule has 0 aliphatic rings. The largest absolute Gasteiger partial charge is 0.477 e. The van der Waals surface area contributed by atoms with Gasteiger partial charge in [-0.1, -0.05) is 275 Å². The Morgan fingerprint density at radius 2 is 0.701 bits per heavy atom. The molecule has 0 rings (SSSR count). The van der Waals surface area contributed by atoms with Gasteiger partial charge in [-0.15, -0.1) is 0 Å². The van der Waals surface area contributed by atoms with Crippen LogP contribution >= 0.6 is 0 Å². The summed E-state index contributed by atoms with van der Waals surface area (Å²) in [6.45, 7) is 4.89. The molecule has 77 heavy (non-hydrogen) atoms. The number of ether oxygens (including phenoxy) is 4. The van der Waals surface area contributed by atoms with Crippen LogP contribution in [0.2, 0.25) is 0 Å². The van der Waals surface area contributed by atoms with Gasteiger partial charge in [0.25, 0.3) is 6.29 Å². The molecule has 9 nitrogen and oxygen atoms in total. The number of nitrogens with zero attached hydrogens (tertiary/aromatic N) is 1. The van der Waals surface area contributed by atoms with Crippen LogP contribution in [-0.4, -0.2) is 87.4 Å². The molecule has 0 aromatic rings. The normalized spacial score (nSPS) is 12.9. The molecule has 9 heteroatoms. The SMILES string of the molecule is CCCCCCC/C=C\C/C=C\CCCCCCCCCCCCCCCCCCCCCCCCCCCC(=O)OC(COC(=O)CCCCCCC/C=C\CCCCCCCC)COC(OCC[N+](C)(C)C)C(=O)O. The second kappa shape index (κ2) is 59.6. The van der Waals surface area contributed by atoms with Crippen LogP contribution in [0.5, 0.6) is 0 Å². The molecule has 0 aromatic heterocycles. The Morgan fingerprint density at radius 1 is 0.390 bits per heavy atom. The van der Waals surface area contributed by atoms with Gasteiger partial charge in [0.05, 0.1) is 34.4 Å². The number of carboxylic acids is 1. The zero-order valence-electron chi connectivity index (χ0n) is 51.6. The van der Waals surface area contributed by atoms with Gasteiger partial charge in [0, 0.05) is 12.8 Å². The third-order valence-corrected chi connectivity index (χ3v) is 14.9. The standard InChI is InChI=1S/C68H127NO8/c1-6-8-10-12-14-16-18-20-22-23-24-25-26-27-28-29-30-31-32-33-34-35-36-37-38-39-40-41-42-43-45-47-49-51-53-55-57-59-66(71)77-64(63-76-68(67(72)73)74-61-60-69(3,4)5)62-75-65(70)58-56-54-52-50-48-46-44-21-19-17-15-13-11-9-7-2/h18,20-21,23-24,44,64,68H,6-17,19,22,25-43,45-63H2,1-5H3/p+1/b20-18-,24-23-,44-21-. The summed E-state index contributed by atoms with van der Waals surface area (Å²) >= 11 is 0. The quantitative estimate of drug-likeness (QED) is 0.0211. The lowest BCUT2D eigenvalue weighted by molar-refractivity contribution is -0.870. The highest BCUT2D eigenvalue weighted by molar-refractivity contribution is 5.71. The first-order valence-corrected chi connectivity index (χ1v) is 33.2. The Bertz CT molecular complexity index is 1360. The molecular weight excluding hydrogens is 959 g/mol. The summed E-state index contributed by atoms with van der Waals surface area (Å²) in [5.74, 6) is -2.00. The van der Waals surface area contributed by atoms with E-state index in [4.69, 9.17) is 18.9 Å². The lowest BCUT2D eigenvalue weighted by Crippen LogP contribution is -2.40. The van der Waals surface area contributed by atoms with Crippen molar-refractivity contribution in [2.75, 3.05) is 47.5 Å². The van der Waals surface area contributed by atoms with E-state index in [1.165, 1.54) is 238 Å². The first-order chi connectivity index (χ1) is 37.6. The number of aliphatic carboxylic acids is 1. The minimum Gasteiger partial charge on any atom is -0.477 e. The fourth-order valence-electron chi connectivity index (χ4n) is 9.75. The van der Waals surface area contributed by atoms with Gasteiger partial charge in [-0.2, -0.15) is 0 Å². The fourth-order valence-corrected chi connectivity index (χ4v) is 9.75. The highest BCUT2D eigenvalue weighted by Crippen LogP contribution is 2.18. The Balaban J connectivity index is 3.97. The van der Waals surface area contributed by atoms with Crippen LogP contribution < -0.4 is 0 Å². The van der Waals surface area contributed by atoms with Crippen LogP contribution in [0.15, 0.2) is 36.5 Å². The number of esters is 2. The average Bonchev–Trinajstić information content (AvgIpc) is 3.40. The lowest BCUT2D eigenvalue weighted by atomic mass is 10.0. The number of unbranched alkanes of at least 4 members (excludes halogenated alkanes) is 41. The van der Waals surface area contributed by atoms with Crippen molar-refractivity contribution in [3.05, 3.63) is 36.5 Å². The Hall–Kier alpha value is -2.49. The van der Waals surface area contributed by atoms with Crippen molar-refractivity contribution >= 4 is 17.9 Å². The van der Waals surface area contributed by atoms with E-state index in [0.717, 1.165) is 57.8 Å². The lowest BCUT2D eigenvalue weighted by Gasteiger charge is -2.25. The number of allylic oxidation sites excluding steroid dienone is 6. The number of rotatable bonds is 62. The average molecular weight is 1090 g/mol. The van der Waals surface area contributed by atoms with Crippen molar-refractivity contribution in [3.63, 3.8) is 0 Å². The monoisotopic (exact) mass is 1090 g/mol. The van der Waals surface area contributed by atoms with Crippen molar-refractivity contribution in [1.29, 1.82) is 0 Å². The van der Waals surface area contributed by atoms with E-state index in [1.54, 1.807) is 0 Å². The maximum Gasteiger partial charge on any atom is 0.361 e. The van der Waals surface area contributed by atoms with Gasteiger partial charge in [0.1, 0.15) is 13.2 Å². The van der Waals surface area contributed by atoms with Crippen molar-refractivity contribution in [3.8, 4) is 0 Å². The molecule has 1 N–H and O–H groups in total. The molecule has 0 heterocycles. The van der Waals surface area contributed by atoms with Crippen LogP contribution in [0.25, 0.3) is 0 Å². The number of likely N-dealkylation sites (N-methyl/N-ethyl adjacent to an activating group) is 1. The van der Waals surface area contributed by atoms with Crippen molar-refractivity contribution in [2.24, 2.45) is 0 Å². The molecule has 0 spiro atoms. The summed E-state index contributed by atoms with van der Waals surface area (Å²) in [7, 11) is 5.98. The van der Waals surface area contributed by atoms with Crippen molar-refractivity contribution in [2.45, 2.75) is 334 Å². The Kier molecular flexibility index (Phi) is 57.7. The Labute approximate surface area is 477 Å². The van der Waals surface area contributed by atoms with E-state index >= 15 is 0 Å². The summed E-state index contributed by atoms with van der Waals surface area (Å²) in [6.07, 6.45) is 71.2. The predicted molar refractivity (Wildman–Crippen MR) is 327 cm³/mol. The van der Waals surface area contributed by atoms with E-state index in [-0.39, 0.29) is 32.2 Å². The molecule has 0 amide bonds. The highest BCUT2D eigenvalue weighted by Gasteiger charge is 2.25. The van der Waals surface area contributed by atoms with E-state index in [0.29, 0.717) is 17.4 Å². The Morgan fingerprint density at radius 3 is 1.04 bits per heavy atom. The zero-order valence-corrected chi connectivity index (χ0v) is 51.6. The van der Waals surface area contributed by atoms with Gasteiger partial charge in [-0.25, -0.2) is 4.79 Å². The molecule has 0 bridgehead atoms. The third-order valence-electron chi connectivity index (χ3n) is 14.9. The summed E-state index contributed by atoms with van der Waals surface area (Å²) in [6, 6.07) is 0. The number of hydrogen-bond donors (Lipinski definition) is 1. The molecule has 452 valence electrons. The summed E-state index contributed by atoms with van der Waals surface area (Å²) in [5.41, 5.74) is 0. The maximum atomic E-state index is 12.9. The molecule has 0 fully saturated rings. The number of carbonyl (C=O) groups excluding carboxylic acids is 2. The van der Waals surface area contributed by atoms with Crippen LogP contribution in [-0.2, 0) is 33.3 Å². The van der Waals surface area contributed by atoms with Gasteiger partial charge in [0.2, 0.25) is 0 Å². The van der Waals surface area contributed by atoms with Crippen LogP contribution in [0.4, 0.5) is 0 Å². The number of carboxylic acid groups (broad SMARTS) is 1. The molecule has 0 saturated heterocycles. The third kappa shape index (κ3) is 61.0. The number of hydrogen-bond acceptors (Lipinski definition) is 7. The van der Waals surface area contributed by atoms with Gasteiger partial charge < -0.3 is 28.5 Å². The second-order valence-corrected chi connectivity index (χ2v) is 23.8. The molecule has 0 aliphatic heterocycles. The van der Waals surface area contributed by atoms with Gasteiger partial charge >= 0.3 is 17.9 Å². The molecule has 2 atom stereocenters. The molecular formula is C68H128NO8+. The van der Waals surface area contributed by atoms with Crippen molar-refractivity contribution in [1.82, 2.24) is 0 Å². The summed E-state index contributed by atoms with van der Waals surface area (Å²) in [5, 5.41) is 9.71. The van der Waals surface area contributed by atoms with E-state index in [1.807, 2.05) is 21.1 Å². The molecule has 0 radical (unpaired) electrons. The van der Waals surface area contributed by atoms with Gasteiger partial charge in [0.15, 0.2) is 6.10 Å². The molecule has 0 aliphatic carbocycles. The molecule has 2 unspecified atom stereocenters. The maximum absolute atomic E-state index is 12.9. The minimum absolute atomic E-state index is 0.182. The van der Waals surface area contributed by atoms with E-state index in [9.17, 15) is 19.5 Å². The van der Waals surface area contributed by atoms with Gasteiger partial charge in [-0.05, 0) is 70.6 Å². The number of carbonyl (C=O) groups is 3. The highest BCUT2D eigenvalue weighted by atomic mass is 16.7. The van der Waals surface area contributed by atoms with Crippen LogP contribution in [0, 0.1) is 0 Å². The fraction of sp³-hybridized carbons (Fsp3) is 0.868. The summed E-state index contributed by atoms with van der Waals surface area (Å²) < 4.78 is 22.9. The smallest absolute Gasteiger partial charge is 0.361 e. The molecule has 0 saturated carbocycles.